The van der Waals surface area contributed by atoms with Crippen molar-refractivity contribution in [3.05, 3.63) is 28.0 Å². The van der Waals surface area contributed by atoms with Gasteiger partial charge in [-0.05, 0) is 28.1 Å². The number of hydrogen-bond donors (Lipinski definition) is 2. The number of carboxylic acids is 1. The maximum absolute atomic E-state index is 10.9. The zero-order valence-corrected chi connectivity index (χ0v) is 9.73. The first-order valence-electron chi connectivity index (χ1n) is 4.48. The minimum Gasteiger partial charge on any atom is -0.478 e. The molecule has 0 unspecified atom stereocenters. The van der Waals surface area contributed by atoms with E-state index in [9.17, 15) is 4.79 Å². The predicted molar refractivity (Wildman–Crippen MR) is 63.4 cm³/mol. The van der Waals surface area contributed by atoms with Crippen LogP contribution in [-0.2, 0) is 4.79 Å². The van der Waals surface area contributed by atoms with E-state index in [2.05, 4.69) is 25.9 Å². The highest BCUT2D eigenvalue weighted by Crippen LogP contribution is 2.27. The molecule has 1 aromatic heterocycles. The molecule has 2 rings (SSSR count). The van der Waals surface area contributed by atoms with E-state index < -0.39 is 5.97 Å². The monoisotopic (exact) mass is 281 g/mol. The van der Waals surface area contributed by atoms with Crippen molar-refractivity contribution in [2.45, 2.75) is 6.42 Å². The Kier molecular flexibility index (Phi) is 2.74. The molecule has 1 aromatic rings. The number of pyridine rings is 1. The van der Waals surface area contributed by atoms with Gasteiger partial charge in [0.2, 0.25) is 0 Å². The van der Waals surface area contributed by atoms with E-state index >= 15 is 0 Å². The van der Waals surface area contributed by atoms with Crippen molar-refractivity contribution >= 4 is 39.5 Å². The molecule has 6 heteroatoms. The number of hydrogen-bond acceptors (Lipinski definition) is 4. The van der Waals surface area contributed by atoms with E-state index in [0.717, 1.165) is 4.47 Å². The van der Waals surface area contributed by atoms with Gasteiger partial charge in [0.05, 0.1) is 11.4 Å². The third-order valence-electron chi connectivity index (χ3n) is 2.09. The Labute approximate surface area is 99.8 Å². The fourth-order valence-electron chi connectivity index (χ4n) is 1.38. The molecule has 0 atom stereocenters. The van der Waals surface area contributed by atoms with Gasteiger partial charge in [-0.1, -0.05) is 0 Å². The Morgan fingerprint density at radius 3 is 3.00 bits per heavy atom. The second-order valence-electron chi connectivity index (χ2n) is 3.31. The number of aliphatic imine (C=N–C) groups is 1. The van der Waals surface area contributed by atoms with Crippen LogP contribution in [0.15, 0.2) is 27.3 Å². The van der Waals surface area contributed by atoms with Gasteiger partial charge in [-0.3, -0.25) is 4.98 Å². The zero-order valence-electron chi connectivity index (χ0n) is 8.14. The molecule has 5 nitrogen and oxygen atoms in total. The van der Waals surface area contributed by atoms with Gasteiger partial charge >= 0.3 is 5.97 Å². The Hall–Kier alpha value is -1.69. The lowest BCUT2D eigenvalue weighted by molar-refractivity contribution is -0.132. The summed E-state index contributed by atoms with van der Waals surface area (Å²) < 4.78 is 0.773. The third kappa shape index (κ3) is 2.11. The molecule has 16 heavy (non-hydrogen) atoms. The summed E-state index contributed by atoms with van der Waals surface area (Å²) in [5.41, 5.74) is 6.91. The molecular formula is C10H8BrN3O2. The molecule has 2 heterocycles. The molecule has 0 saturated carbocycles. The summed E-state index contributed by atoms with van der Waals surface area (Å²) in [5, 5.41) is 8.95. The van der Waals surface area contributed by atoms with Crippen LogP contribution in [-0.4, -0.2) is 21.9 Å². The van der Waals surface area contributed by atoms with Crippen LogP contribution in [0.5, 0.6) is 0 Å². The van der Waals surface area contributed by atoms with Crippen LogP contribution in [0.1, 0.15) is 12.1 Å². The number of nitrogens with zero attached hydrogens (tertiary/aromatic N) is 2. The van der Waals surface area contributed by atoms with Gasteiger partial charge in [0.15, 0.2) is 0 Å². The molecule has 0 spiro atoms. The third-order valence-corrected chi connectivity index (χ3v) is 2.52. The van der Waals surface area contributed by atoms with Crippen molar-refractivity contribution in [1.82, 2.24) is 4.98 Å². The Bertz CT molecular complexity index is 523. The molecule has 0 amide bonds. The summed E-state index contributed by atoms with van der Waals surface area (Å²) in [6, 6.07) is 1.75. The first-order chi connectivity index (χ1) is 7.56. The Balaban J connectivity index is 2.60. The van der Waals surface area contributed by atoms with Gasteiger partial charge in [0.1, 0.15) is 5.84 Å². The van der Waals surface area contributed by atoms with E-state index in [0.29, 0.717) is 11.4 Å². The SMILES string of the molecule is NC1=Nc2cc(Br)cnc2C=C(C(=O)O)C1. The summed E-state index contributed by atoms with van der Waals surface area (Å²) >= 11 is 3.27. The molecule has 82 valence electrons. The van der Waals surface area contributed by atoms with E-state index in [1.54, 1.807) is 12.3 Å². The molecular weight excluding hydrogens is 274 g/mol. The normalized spacial score (nSPS) is 14.6. The molecule has 1 aliphatic heterocycles. The number of carbonyl (C=O) groups is 1. The standard InChI is InChI=1S/C10H8BrN3O2/c11-6-3-8-7(13-4-6)1-5(10(15)16)2-9(12)14-8/h1,3-4H,2H2,(H2,12,14)(H,15,16). The largest absolute Gasteiger partial charge is 0.478 e. The number of carboxylic acid groups (broad SMARTS) is 1. The number of halogens is 1. The lowest BCUT2D eigenvalue weighted by Crippen LogP contribution is -2.14. The first-order valence-corrected chi connectivity index (χ1v) is 5.28. The average Bonchev–Trinajstić information content (AvgIpc) is 2.35. The summed E-state index contributed by atoms with van der Waals surface area (Å²) in [7, 11) is 0. The molecule has 3 N–H and O–H groups in total. The molecule has 0 saturated heterocycles. The maximum Gasteiger partial charge on any atom is 0.332 e. The van der Waals surface area contributed by atoms with Crippen molar-refractivity contribution in [1.29, 1.82) is 0 Å². The molecule has 1 aliphatic rings. The van der Waals surface area contributed by atoms with Crippen molar-refractivity contribution in [3.8, 4) is 0 Å². The molecule has 0 radical (unpaired) electrons. The van der Waals surface area contributed by atoms with Crippen LogP contribution in [0.2, 0.25) is 0 Å². The quantitative estimate of drug-likeness (QED) is 0.820. The van der Waals surface area contributed by atoms with Crippen molar-refractivity contribution < 1.29 is 9.90 Å². The van der Waals surface area contributed by atoms with Gasteiger partial charge in [0.25, 0.3) is 0 Å². The van der Waals surface area contributed by atoms with E-state index in [4.69, 9.17) is 10.8 Å². The fraction of sp³-hybridized carbons (Fsp3) is 0.100. The van der Waals surface area contributed by atoms with Gasteiger partial charge in [-0.25, -0.2) is 9.79 Å². The lowest BCUT2D eigenvalue weighted by Gasteiger charge is -1.99. The number of aromatic nitrogens is 1. The Morgan fingerprint density at radius 1 is 1.56 bits per heavy atom. The van der Waals surface area contributed by atoms with Gasteiger partial charge in [-0.15, -0.1) is 0 Å². The van der Waals surface area contributed by atoms with Crippen molar-refractivity contribution in [2.75, 3.05) is 0 Å². The zero-order chi connectivity index (χ0) is 11.7. The number of fused-ring (bicyclic) bond motifs is 1. The number of amidine groups is 1. The second kappa shape index (κ2) is 4.05. The predicted octanol–water partition coefficient (Wildman–Crippen LogP) is 1.70. The van der Waals surface area contributed by atoms with Crippen molar-refractivity contribution in [3.63, 3.8) is 0 Å². The summed E-state index contributed by atoms with van der Waals surface area (Å²) in [4.78, 5) is 19.1. The van der Waals surface area contributed by atoms with E-state index in [1.165, 1.54) is 6.08 Å². The van der Waals surface area contributed by atoms with E-state index in [1.807, 2.05) is 0 Å². The summed E-state index contributed by atoms with van der Waals surface area (Å²) in [6.45, 7) is 0. The maximum atomic E-state index is 10.9. The fourth-order valence-corrected chi connectivity index (χ4v) is 1.70. The topological polar surface area (TPSA) is 88.6 Å². The minimum atomic E-state index is -1.00. The second-order valence-corrected chi connectivity index (χ2v) is 4.23. The summed E-state index contributed by atoms with van der Waals surface area (Å²) in [6.07, 6.45) is 3.21. The molecule has 0 aliphatic carbocycles. The number of rotatable bonds is 1. The highest BCUT2D eigenvalue weighted by atomic mass is 79.9. The summed E-state index contributed by atoms with van der Waals surface area (Å²) in [5.74, 6) is -0.733. The van der Waals surface area contributed by atoms with Crippen LogP contribution in [0, 0.1) is 0 Å². The minimum absolute atomic E-state index is 0.128. The lowest BCUT2D eigenvalue weighted by atomic mass is 10.1. The van der Waals surface area contributed by atoms with Crippen LogP contribution < -0.4 is 5.73 Å². The van der Waals surface area contributed by atoms with Gasteiger partial charge in [0, 0.05) is 22.7 Å². The van der Waals surface area contributed by atoms with Crippen LogP contribution in [0.4, 0.5) is 5.69 Å². The number of aliphatic carboxylic acids is 1. The van der Waals surface area contributed by atoms with Crippen LogP contribution >= 0.6 is 15.9 Å². The molecule has 0 fully saturated rings. The first kappa shape index (κ1) is 10.8. The highest BCUT2D eigenvalue weighted by molar-refractivity contribution is 9.10. The van der Waals surface area contributed by atoms with Crippen LogP contribution in [0.25, 0.3) is 6.08 Å². The molecule has 0 bridgehead atoms. The smallest absolute Gasteiger partial charge is 0.332 e. The average molecular weight is 282 g/mol. The van der Waals surface area contributed by atoms with Gasteiger partial charge in [-0.2, -0.15) is 0 Å². The van der Waals surface area contributed by atoms with E-state index in [-0.39, 0.29) is 17.8 Å². The number of nitrogens with two attached hydrogens (primary N) is 1. The molecule has 0 aromatic carbocycles. The van der Waals surface area contributed by atoms with Crippen molar-refractivity contribution in [2.24, 2.45) is 10.7 Å². The Morgan fingerprint density at radius 2 is 2.31 bits per heavy atom. The highest BCUT2D eigenvalue weighted by Gasteiger charge is 2.15. The van der Waals surface area contributed by atoms with Crippen LogP contribution in [0.3, 0.4) is 0 Å². The van der Waals surface area contributed by atoms with Gasteiger partial charge < -0.3 is 10.8 Å².